The predicted octanol–water partition coefficient (Wildman–Crippen LogP) is -0.705. The molecule has 1 rings (SSSR count). The third-order valence-electron chi connectivity index (χ3n) is 1.99. The summed E-state index contributed by atoms with van der Waals surface area (Å²) in [6, 6.07) is 0. The van der Waals surface area contributed by atoms with Gasteiger partial charge in [0.25, 0.3) is 10.0 Å². The fourth-order valence-corrected chi connectivity index (χ4v) is 2.67. The summed E-state index contributed by atoms with van der Waals surface area (Å²) in [7, 11) is -6.89. The van der Waals surface area contributed by atoms with Crippen LogP contribution in [-0.4, -0.2) is 45.4 Å². The zero-order valence-corrected chi connectivity index (χ0v) is 11.2. The lowest BCUT2D eigenvalue weighted by molar-refractivity contribution is 0.578. The molecule has 98 valence electrons. The second-order valence-electron chi connectivity index (χ2n) is 3.58. The normalized spacial score (nSPS) is 12.8. The van der Waals surface area contributed by atoms with Gasteiger partial charge in [-0.3, -0.25) is 0 Å². The van der Waals surface area contributed by atoms with E-state index < -0.39 is 19.9 Å². The Morgan fingerprint density at radius 3 is 2.47 bits per heavy atom. The SMILES string of the molecule is CCc1ncc(S(=O)(=O)NCCS(C)(=O)=O)[nH]1. The standard InChI is InChI=1S/C8H15N3O4S2/c1-3-7-9-6-8(11-7)17(14,15)10-4-5-16(2,12)13/h6,10H,3-5H2,1-2H3,(H,9,11). The number of imidazole rings is 1. The van der Waals surface area contributed by atoms with Crippen molar-refractivity contribution in [1.82, 2.24) is 14.7 Å². The van der Waals surface area contributed by atoms with E-state index in [9.17, 15) is 16.8 Å². The van der Waals surface area contributed by atoms with E-state index in [4.69, 9.17) is 0 Å². The van der Waals surface area contributed by atoms with E-state index in [-0.39, 0.29) is 17.3 Å². The number of H-pyrrole nitrogens is 1. The summed E-state index contributed by atoms with van der Waals surface area (Å²) < 4.78 is 47.2. The van der Waals surface area contributed by atoms with Crippen LogP contribution in [0.2, 0.25) is 0 Å². The molecule has 1 heterocycles. The van der Waals surface area contributed by atoms with Crippen molar-refractivity contribution >= 4 is 19.9 Å². The molecule has 9 heteroatoms. The van der Waals surface area contributed by atoms with Crippen molar-refractivity contribution in [3.8, 4) is 0 Å². The smallest absolute Gasteiger partial charge is 0.257 e. The minimum absolute atomic E-state index is 0.0529. The Labute approximate surface area is 101 Å². The first kappa shape index (κ1) is 14.1. The van der Waals surface area contributed by atoms with Gasteiger partial charge in [-0.25, -0.2) is 26.5 Å². The lowest BCUT2D eigenvalue weighted by Crippen LogP contribution is -2.29. The summed E-state index contributed by atoms with van der Waals surface area (Å²) in [5.41, 5.74) is 0. The maximum absolute atomic E-state index is 11.7. The van der Waals surface area contributed by atoms with Gasteiger partial charge in [0, 0.05) is 19.2 Å². The van der Waals surface area contributed by atoms with E-state index >= 15 is 0 Å². The molecule has 0 saturated heterocycles. The molecular formula is C8H15N3O4S2. The Morgan fingerprint density at radius 1 is 1.35 bits per heavy atom. The first-order chi connectivity index (χ1) is 7.74. The Hall–Kier alpha value is -0.930. The van der Waals surface area contributed by atoms with Crippen molar-refractivity contribution < 1.29 is 16.8 Å². The molecule has 1 aromatic heterocycles. The van der Waals surface area contributed by atoms with Crippen molar-refractivity contribution in [2.45, 2.75) is 18.4 Å². The van der Waals surface area contributed by atoms with Gasteiger partial charge < -0.3 is 4.98 Å². The summed E-state index contributed by atoms with van der Waals surface area (Å²) >= 11 is 0. The monoisotopic (exact) mass is 281 g/mol. The third-order valence-corrected chi connectivity index (χ3v) is 4.31. The molecule has 0 radical (unpaired) electrons. The van der Waals surface area contributed by atoms with Crippen LogP contribution in [0, 0.1) is 0 Å². The summed E-state index contributed by atoms with van der Waals surface area (Å²) in [5, 5.41) is -0.0529. The quantitative estimate of drug-likeness (QED) is 0.716. The molecule has 0 spiro atoms. The molecule has 0 bridgehead atoms. The first-order valence-corrected chi connectivity index (χ1v) is 8.50. The maximum atomic E-state index is 11.7. The van der Waals surface area contributed by atoms with Crippen molar-refractivity contribution in [3.63, 3.8) is 0 Å². The molecular weight excluding hydrogens is 266 g/mol. The van der Waals surface area contributed by atoms with Crippen LogP contribution in [0.1, 0.15) is 12.7 Å². The molecule has 0 aromatic carbocycles. The Balaban J connectivity index is 2.69. The van der Waals surface area contributed by atoms with Crippen LogP contribution >= 0.6 is 0 Å². The molecule has 2 N–H and O–H groups in total. The van der Waals surface area contributed by atoms with Gasteiger partial charge in [-0.05, 0) is 0 Å². The van der Waals surface area contributed by atoms with Crippen LogP contribution in [0.5, 0.6) is 0 Å². The fraction of sp³-hybridized carbons (Fsp3) is 0.625. The molecule has 0 amide bonds. The molecule has 0 unspecified atom stereocenters. The van der Waals surface area contributed by atoms with Gasteiger partial charge in [-0.15, -0.1) is 0 Å². The molecule has 0 aliphatic heterocycles. The van der Waals surface area contributed by atoms with Crippen molar-refractivity contribution in [2.24, 2.45) is 0 Å². The number of nitrogens with one attached hydrogen (secondary N) is 2. The number of nitrogens with zero attached hydrogens (tertiary/aromatic N) is 1. The van der Waals surface area contributed by atoms with Crippen LogP contribution in [0.3, 0.4) is 0 Å². The number of hydrogen-bond acceptors (Lipinski definition) is 5. The molecule has 0 atom stereocenters. The van der Waals surface area contributed by atoms with Crippen LogP contribution in [0.4, 0.5) is 0 Å². The summed E-state index contributed by atoms with van der Waals surface area (Å²) in [6.07, 6.45) is 2.85. The van der Waals surface area contributed by atoms with Gasteiger partial charge in [-0.1, -0.05) is 6.92 Å². The van der Waals surface area contributed by atoms with Gasteiger partial charge in [0.05, 0.1) is 11.9 Å². The Bertz CT molecular complexity index is 574. The van der Waals surface area contributed by atoms with Gasteiger partial charge in [0.1, 0.15) is 15.7 Å². The minimum Gasteiger partial charge on any atom is -0.332 e. The minimum atomic E-state index is -3.70. The van der Waals surface area contributed by atoms with E-state index in [0.717, 1.165) is 6.26 Å². The van der Waals surface area contributed by atoms with Crippen LogP contribution in [0.15, 0.2) is 11.2 Å². The van der Waals surface area contributed by atoms with Crippen molar-refractivity contribution in [3.05, 3.63) is 12.0 Å². The second kappa shape index (κ2) is 5.15. The number of hydrogen-bond donors (Lipinski definition) is 2. The topological polar surface area (TPSA) is 109 Å². The van der Waals surface area contributed by atoms with E-state index in [1.54, 1.807) is 0 Å². The molecule has 0 fully saturated rings. The number of sulfonamides is 1. The van der Waals surface area contributed by atoms with E-state index in [1.807, 2.05) is 6.92 Å². The summed E-state index contributed by atoms with van der Waals surface area (Å²) in [5.74, 6) is 0.328. The molecule has 0 aliphatic rings. The highest BCUT2D eigenvalue weighted by Gasteiger charge is 2.17. The van der Waals surface area contributed by atoms with Crippen LogP contribution in [0.25, 0.3) is 0 Å². The van der Waals surface area contributed by atoms with Crippen LogP contribution in [-0.2, 0) is 26.3 Å². The van der Waals surface area contributed by atoms with E-state index in [2.05, 4.69) is 14.7 Å². The number of aryl methyl sites for hydroxylation is 1. The first-order valence-electron chi connectivity index (χ1n) is 4.96. The Morgan fingerprint density at radius 2 is 2.00 bits per heavy atom. The van der Waals surface area contributed by atoms with E-state index in [1.165, 1.54) is 6.20 Å². The molecule has 0 aliphatic carbocycles. The lowest BCUT2D eigenvalue weighted by atomic mass is 10.5. The van der Waals surface area contributed by atoms with Gasteiger partial charge in [0.2, 0.25) is 0 Å². The van der Waals surface area contributed by atoms with Gasteiger partial charge >= 0.3 is 0 Å². The number of sulfone groups is 1. The second-order valence-corrected chi connectivity index (χ2v) is 7.57. The summed E-state index contributed by atoms with van der Waals surface area (Å²) in [6.45, 7) is 1.69. The molecule has 0 saturated carbocycles. The fourth-order valence-electron chi connectivity index (χ4n) is 1.10. The average Bonchev–Trinajstić information content (AvgIpc) is 2.63. The van der Waals surface area contributed by atoms with E-state index in [0.29, 0.717) is 12.2 Å². The van der Waals surface area contributed by atoms with Crippen molar-refractivity contribution in [1.29, 1.82) is 0 Å². The molecule has 17 heavy (non-hydrogen) atoms. The zero-order chi connectivity index (χ0) is 13.1. The highest BCUT2D eigenvalue weighted by molar-refractivity contribution is 7.91. The Kier molecular flexibility index (Phi) is 4.28. The molecule has 7 nitrogen and oxygen atoms in total. The number of aromatic amines is 1. The van der Waals surface area contributed by atoms with Gasteiger partial charge in [0.15, 0.2) is 5.03 Å². The van der Waals surface area contributed by atoms with Crippen molar-refractivity contribution in [2.75, 3.05) is 18.6 Å². The third kappa shape index (κ3) is 4.44. The average molecular weight is 281 g/mol. The zero-order valence-electron chi connectivity index (χ0n) is 9.60. The number of rotatable bonds is 6. The summed E-state index contributed by atoms with van der Waals surface area (Å²) in [4.78, 5) is 6.50. The lowest BCUT2D eigenvalue weighted by Gasteiger charge is -2.03. The van der Waals surface area contributed by atoms with Crippen LogP contribution < -0.4 is 4.72 Å². The highest BCUT2D eigenvalue weighted by Crippen LogP contribution is 2.05. The maximum Gasteiger partial charge on any atom is 0.257 e. The molecule has 1 aromatic rings. The van der Waals surface area contributed by atoms with Gasteiger partial charge in [-0.2, -0.15) is 0 Å². The number of aromatic nitrogens is 2. The highest BCUT2D eigenvalue weighted by atomic mass is 32.2. The predicted molar refractivity (Wildman–Crippen MR) is 62.9 cm³/mol. The largest absolute Gasteiger partial charge is 0.332 e.